The molecule has 0 aliphatic carbocycles. The van der Waals surface area contributed by atoms with Crippen molar-refractivity contribution in [2.75, 3.05) is 25.4 Å². The Hall–Kier alpha value is -3.10. The van der Waals surface area contributed by atoms with Gasteiger partial charge in [0, 0.05) is 30.4 Å². The molecule has 1 aromatic heterocycles. The number of nitrogens with zero attached hydrogens (tertiary/aromatic N) is 4. The van der Waals surface area contributed by atoms with Crippen molar-refractivity contribution in [3.63, 3.8) is 0 Å². The summed E-state index contributed by atoms with van der Waals surface area (Å²) in [5.74, 6) is -2.54. The summed E-state index contributed by atoms with van der Waals surface area (Å²) < 4.78 is 26.8. The van der Waals surface area contributed by atoms with Crippen LogP contribution < -0.4 is 11.1 Å². The maximum atomic E-state index is 13.4. The number of aromatic nitrogens is 2. The van der Waals surface area contributed by atoms with E-state index in [9.17, 15) is 13.6 Å². The van der Waals surface area contributed by atoms with Crippen LogP contribution in [0.4, 0.5) is 14.5 Å². The summed E-state index contributed by atoms with van der Waals surface area (Å²) in [5, 5.41) is 8.87. The van der Waals surface area contributed by atoms with Gasteiger partial charge < -0.3 is 11.1 Å². The Morgan fingerprint density at radius 2 is 2.18 bits per heavy atom. The number of rotatable bonds is 5. The molecule has 0 atom stereocenters. The number of nitrogens with two attached hydrogens (primary N) is 1. The highest BCUT2D eigenvalue weighted by Gasteiger charge is 2.23. The van der Waals surface area contributed by atoms with E-state index < -0.39 is 12.3 Å². The van der Waals surface area contributed by atoms with Crippen molar-refractivity contribution < 1.29 is 13.6 Å². The van der Waals surface area contributed by atoms with Crippen LogP contribution in [0.1, 0.15) is 25.1 Å². The molecule has 9 heteroatoms. The fourth-order valence-corrected chi connectivity index (χ4v) is 2.91. The third kappa shape index (κ3) is 4.99. The Morgan fingerprint density at radius 3 is 2.89 bits per heavy atom. The van der Waals surface area contributed by atoms with E-state index >= 15 is 0 Å². The number of anilines is 1. The number of piperazine rings is 1. The first-order valence-electron chi connectivity index (χ1n) is 8.88. The van der Waals surface area contributed by atoms with Gasteiger partial charge in [0.05, 0.1) is 18.0 Å². The zero-order chi connectivity index (χ0) is 20.3. The third-order valence-electron chi connectivity index (χ3n) is 4.24. The first kappa shape index (κ1) is 19.7. The molecule has 2 heterocycles. The number of benzene rings is 1. The predicted molar refractivity (Wildman–Crippen MR) is 103 cm³/mol. The molecule has 0 unspecified atom stereocenters. The summed E-state index contributed by atoms with van der Waals surface area (Å²) in [4.78, 5) is 20.2. The van der Waals surface area contributed by atoms with Crippen LogP contribution >= 0.6 is 0 Å². The number of halogens is 2. The van der Waals surface area contributed by atoms with Crippen LogP contribution in [0, 0.1) is 0 Å². The van der Waals surface area contributed by atoms with Gasteiger partial charge in [0.1, 0.15) is 6.54 Å². The van der Waals surface area contributed by atoms with Crippen molar-refractivity contribution in [1.82, 2.24) is 20.3 Å². The van der Waals surface area contributed by atoms with Gasteiger partial charge in [0.25, 0.3) is 0 Å². The summed E-state index contributed by atoms with van der Waals surface area (Å²) in [6, 6.07) is 6.59. The lowest BCUT2D eigenvalue weighted by molar-refractivity contribution is -0.124. The van der Waals surface area contributed by atoms with Crippen LogP contribution in [0.2, 0.25) is 0 Å². The molecule has 0 radical (unpaired) electrons. The van der Waals surface area contributed by atoms with Crippen molar-refractivity contribution in [3.8, 4) is 11.4 Å². The molecule has 3 N–H and O–H groups in total. The second kappa shape index (κ2) is 7.87. The Balaban J connectivity index is 1.87. The molecule has 1 aromatic carbocycles. The highest BCUT2D eigenvalue weighted by atomic mass is 19.3. The van der Waals surface area contributed by atoms with Gasteiger partial charge in [0.15, 0.2) is 5.82 Å². The van der Waals surface area contributed by atoms with E-state index in [0.29, 0.717) is 47.1 Å². The molecule has 28 heavy (non-hydrogen) atoms. The molecule has 0 bridgehead atoms. The van der Waals surface area contributed by atoms with Crippen molar-refractivity contribution in [1.29, 1.82) is 0 Å². The summed E-state index contributed by atoms with van der Waals surface area (Å²) in [7, 11) is 0. The van der Waals surface area contributed by atoms with Gasteiger partial charge in [-0.1, -0.05) is 0 Å². The summed E-state index contributed by atoms with van der Waals surface area (Å²) in [5.41, 5.74) is 8.32. The number of hydrazone groups is 1. The van der Waals surface area contributed by atoms with E-state index in [1.54, 1.807) is 42.4 Å². The Kier molecular flexibility index (Phi) is 5.53. The highest BCUT2D eigenvalue weighted by Crippen LogP contribution is 2.27. The van der Waals surface area contributed by atoms with Crippen LogP contribution in [0.15, 0.2) is 35.6 Å². The fraction of sp³-hybridized carbons (Fsp3) is 0.368. The maximum absolute atomic E-state index is 13.4. The van der Waals surface area contributed by atoms with Gasteiger partial charge in [-0.05, 0) is 43.7 Å². The molecule has 0 spiro atoms. The van der Waals surface area contributed by atoms with Gasteiger partial charge >= 0.3 is 0 Å². The van der Waals surface area contributed by atoms with E-state index in [0.717, 1.165) is 6.92 Å². The Labute approximate surface area is 161 Å². The number of hydrogen-bond donors (Lipinski definition) is 2. The highest BCUT2D eigenvalue weighted by molar-refractivity contribution is 5.97. The molecule has 1 saturated heterocycles. The molecule has 3 rings (SSSR count). The van der Waals surface area contributed by atoms with Crippen LogP contribution in [0.3, 0.4) is 0 Å². The molecule has 1 aliphatic rings. The molecular weight excluding hydrogens is 366 g/mol. The van der Waals surface area contributed by atoms with Crippen molar-refractivity contribution >= 4 is 17.3 Å². The molecule has 1 amide bonds. The average molecular weight is 388 g/mol. The Morgan fingerprint density at radius 1 is 1.39 bits per heavy atom. The number of amides is 1. The Bertz CT molecular complexity index is 910. The van der Waals surface area contributed by atoms with E-state index in [1.165, 1.54) is 0 Å². The first-order chi connectivity index (χ1) is 13.2. The minimum atomic E-state index is -2.86. The van der Waals surface area contributed by atoms with Crippen LogP contribution in [-0.4, -0.2) is 52.2 Å². The topological polar surface area (TPSA) is 96.5 Å². The number of hydrogen-bond acceptors (Lipinski definition) is 6. The van der Waals surface area contributed by atoms with Gasteiger partial charge in [-0.2, -0.15) is 5.10 Å². The summed E-state index contributed by atoms with van der Waals surface area (Å²) in [6.45, 7) is 4.01. The largest absolute Gasteiger partial charge is 0.399 e. The minimum absolute atomic E-state index is 0.0756. The van der Waals surface area contributed by atoms with Gasteiger partial charge in [-0.15, -0.1) is 0 Å². The van der Waals surface area contributed by atoms with E-state index in [4.69, 9.17) is 5.73 Å². The number of nitrogens with one attached hydrogen (secondary N) is 1. The molecule has 1 aliphatic heterocycles. The lowest BCUT2D eigenvalue weighted by atomic mass is 10.0. The quantitative estimate of drug-likeness (QED) is 0.604. The standard InChI is InChI=1S/C19H22F2N6O/c1-12(26-27-8-7-23-17(28)11-27)16-5-6-24-18(25-16)13-3-4-15(22)14(9-13)10-19(2,20)21/h3-6,9H,7-8,10-11,22H2,1-2H3,(H,23,28)/b26-12+. The first-order valence-corrected chi connectivity index (χ1v) is 8.88. The van der Waals surface area contributed by atoms with Crippen molar-refractivity contribution in [3.05, 3.63) is 41.7 Å². The number of nitrogen functional groups attached to an aromatic ring is 1. The van der Waals surface area contributed by atoms with Crippen LogP contribution in [0.25, 0.3) is 11.4 Å². The zero-order valence-corrected chi connectivity index (χ0v) is 15.7. The zero-order valence-electron chi connectivity index (χ0n) is 15.7. The smallest absolute Gasteiger partial charge is 0.249 e. The number of alkyl halides is 2. The lowest BCUT2D eigenvalue weighted by Crippen LogP contribution is -2.45. The molecule has 7 nitrogen and oxygen atoms in total. The second-order valence-electron chi connectivity index (χ2n) is 6.85. The molecular formula is C19H22F2N6O. The maximum Gasteiger partial charge on any atom is 0.249 e. The summed E-state index contributed by atoms with van der Waals surface area (Å²) in [6.07, 6.45) is 1.13. The summed E-state index contributed by atoms with van der Waals surface area (Å²) >= 11 is 0. The number of carbonyl (C=O) groups is 1. The van der Waals surface area contributed by atoms with E-state index in [1.807, 2.05) is 0 Å². The van der Waals surface area contributed by atoms with Crippen molar-refractivity contribution in [2.24, 2.45) is 5.10 Å². The molecule has 148 valence electrons. The molecule has 2 aromatic rings. The average Bonchev–Trinajstić information content (AvgIpc) is 2.62. The van der Waals surface area contributed by atoms with E-state index in [2.05, 4.69) is 20.4 Å². The lowest BCUT2D eigenvalue weighted by Gasteiger charge is -2.24. The minimum Gasteiger partial charge on any atom is -0.399 e. The fourth-order valence-electron chi connectivity index (χ4n) is 2.91. The third-order valence-corrected chi connectivity index (χ3v) is 4.24. The van der Waals surface area contributed by atoms with Crippen LogP contribution in [-0.2, 0) is 11.2 Å². The van der Waals surface area contributed by atoms with Crippen molar-refractivity contribution in [2.45, 2.75) is 26.2 Å². The number of carbonyl (C=O) groups excluding carboxylic acids is 1. The molecule has 0 saturated carbocycles. The van der Waals surface area contributed by atoms with Crippen LogP contribution in [0.5, 0.6) is 0 Å². The SMILES string of the molecule is C/C(=N\N1CCNC(=O)C1)c1ccnc(-c2ccc(N)c(CC(C)(F)F)c2)n1. The normalized spacial score (nSPS) is 15.5. The van der Waals surface area contributed by atoms with Gasteiger partial charge in [-0.25, -0.2) is 18.7 Å². The van der Waals surface area contributed by atoms with Gasteiger partial charge in [-0.3, -0.25) is 9.80 Å². The monoisotopic (exact) mass is 388 g/mol. The second-order valence-corrected chi connectivity index (χ2v) is 6.85. The molecule has 1 fully saturated rings. The predicted octanol–water partition coefficient (Wildman–Crippen LogP) is 2.08. The van der Waals surface area contributed by atoms with E-state index in [-0.39, 0.29) is 12.5 Å². The van der Waals surface area contributed by atoms with Gasteiger partial charge in [0.2, 0.25) is 11.8 Å².